The third-order valence-electron chi connectivity index (χ3n) is 5.09. The zero-order valence-corrected chi connectivity index (χ0v) is 14.4. The van der Waals surface area contributed by atoms with Crippen LogP contribution in [0, 0.1) is 5.92 Å². The minimum Gasteiger partial charge on any atom is -0.343 e. The molecule has 6 nitrogen and oxygen atoms in total. The second-order valence-corrected chi connectivity index (χ2v) is 6.86. The third kappa shape index (κ3) is 2.29. The van der Waals surface area contributed by atoms with Gasteiger partial charge in [0.1, 0.15) is 23.5 Å². The predicted molar refractivity (Wildman–Crippen MR) is 91.5 cm³/mol. The second kappa shape index (κ2) is 5.57. The Balaban J connectivity index is 2.00. The molecule has 1 aromatic heterocycles. The summed E-state index contributed by atoms with van der Waals surface area (Å²) in [6, 6.07) is 0.388. The van der Waals surface area contributed by atoms with Crippen LogP contribution in [0.1, 0.15) is 51.4 Å². The van der Waals surface area contributed by atoms with Crippen molar-refractivity contribution in [3.63, 3.8) is 0 Å². The Labute approximate surface area is 133 Å². The highest BCUT2D eigenvalue weighted by atomic mass is 15.4. The van der Waals surface area contributed by atoms with Crippen LogP contribution in [-0.2, 0) is 7.05 Å². The van der Waals surface area contributed by atoms with Crippen molar-refractivity contribution in [3.8, 4) is 0 Å². The number of anilines is 2. The maximum absolute atomic E-state index is 6.32. The average Bonchev–Trinajstić information content (AvgIpc) is 3.10. The van der Waals surface area contributed by atoms with Gasteiger partial charge < -0.3 is 15.5 Å². The van der Waals surface area contributed by atoms with Crippen molar-refractivity contribution in [2.45, 2.75) is 51.7 Å². The van der Waals surface area contributed by atoms with Gasteiger partial charge in [0, 0.05) is 33.1 Å². The molecule has 0 aromatic carbocycles. The van der Waals surface area contributed by atoms with Gasteiger partial charge in [-0.2, -0.15) is 0 Å². The van der Waals surface area contributed by atoms with E-state index in [0.29, 0.717) is 12.0 Å². The molecule has 2 heterocycles. The van der Waals surface area contributed by atoms with Crippen molar-refractivity contribution in [2.75, 3.05) is 23.9 Å². The van der Waals surface area contributed by atoms with E-state index in [0.717, 1.165) is 23.3 Å². The van der Waals surface area contributed by atoms with Crippen LogP contribution in [0.15, 0.2) is 4.99 Å². The van der Waals surface area contributed by atoms with Gasteiger partial charge in [-0.25, -0.2) is 9.98 Å². The molecule has 0 bridgehead atoms. The fourth-order valence-corrected chi connectivity index (χ4v) is 3.60. The van der Waals surface area contributed by atoms with E-state index in [1.165, 1.54) is 25.7 Å². The van der Waals surface area contributed by atoms with Gasteiger partial charge in [0.2, 0.25) is 5.95 Å². The van der Waals surface area contributed by atoms with Crippen molar-refractivity contribution in [1.82, 2.24) is 9.55 Å². The number of hydrogen-bond donors (Lipinski definition) is 1. The molecule has 1 unspecified atom stereocenters. The van der Waals surface area contributed by atoms with E-state index in [-0.39, 0.29) is 6.17 Å². The van der Waals surface area contributed by atoms with Gasteiger partial charge in [-0.15, -0.1) is 0 Å². The molecule has 1 aliphatic carbocycles. The van der Waals surface area contributed by atoms with E-state index in [9.17, 15) is 0 Å². The van der Waals surface area contributed by atoms with Gasteiger partial charge in [0.15, 0.2) is 0 Å². The summed E-state index contributed by atoms with van der Waals surface area (Å²) in [5, 5.41) is 0. The highest BCUT2D eigenvalue weighted by Crippen LogP contribution is 2.37. The Morgan fingerprint density at radius 1 is 1.23 bits per heavy atom. The molecular weight excluding hydrogens is 276 g/mol. The smallest absolute Gasteiger partial charge is 0.207 e. The maximum atomic E-state index is 6.32. The molecule has 1 atom stereocenters. The quantitative estimate of drug-likeness (QED) is 0.930. The molecule has 1 saturated carbocycles. The summed E-state index contributed by atoms with van der Waals surface area (Å²) >= 11 is 0. The van der Waals surface area contributed by atoms with Gasteiger partial charge in [0.25, 0.3) is 0 Å². The summed E-state index contributed by atoms with van der Waals surface area (Å²) in [7, 11) is 6.24. The van der Waals surface area contributed by atoms with Crippen molar-refractivity contribution in [3.05, 3.63) is 5.69 Å². The molecule has 0 saturated heterocycles. The first-order valence-corrected chi connectivity index (χ1v) is 8.28. The molecule has 122 valence electrons. The fourth-order valence-electron chi connectivity index (χ4n) is 3.60. The lowest BCUT2D eigenvalue weighted by atomic mass is 10.0. The number of imidazole rings is 1. The largest absolute Gasteiger partial charge is 0.343 e. The van der Waals surface area contributed by atoms with Crippen molar-refractivity contribution < 1.29 is 0 Å². The molecule has 6 heteroatoms. The number of rotatable bonds is 3. The van der Waals surface area contributed by atoms with Crippen LogP contribution in [-0.4, -0.2) is 35.5 Å². The van der Waals surface area contributed by atoms with Crippen LogP contribution in [0.2, 0.25) is 0 Å². The summed E-state index contributed by atoms with van der Waals surface area (Å²) in [6.45, 7) is 4.33. The van der Waals surface area contributed by atoms with Gasteiger partial charge in [-0.3, -0.25) is 4.57 Å². The van der Waals surface area contributed by atoms with Gasteiger partial charge >= 0.3 is 0 Å². The number of amidine groups is 1. The molecule has 2 aliphatic rings. The summed E-state index contributed by atoms with van der Waals surface area (Å²) in [5.74, 6) is 3.72. The minimum absolute atomic E-state index is 0.345. The van der Waals surface area contributed by atoms with Crippen molar-refractivity contribution in [2.24, 2.45) is 23.7 Å². The van der Waals surface area contributed by atoms with Gasteiger partial charge in [-0.05, 0) is 26.7 Å². The monoisotopic (exact) mass is 304 g/mol. The molecule has 1 aromatic rings. The van der Waals surface area contributed by atoms with E-state index in [2.05, 4.69) is 49.4 Å². The lowest BCUT2D eigenvalue weighted by molar-refractivity contribution is 0.659. The van der Waals surface area contributed by atoms with E-state index in [1.807, 2.05) is 0 Å². The molecule has 1 fully saturated rings. The van der Waals surface area contributed by atoms with E-state index < -0.39 is 0 Å². The molecular formula is C16H28N6. The highest BCUT2D eigenvalue weighted by molar-refractivity contribution is 6.00. The van der Waals surface area contributed by atoms with Crippen LogP contribution >= 0.6 is 0 Å². The number of fused-ring (bicyclic) bond motifs is 1. The molecule has 0 spiro atoms. The SMILES string of the molecule is CC(C)N(C)c1nc2c(n1C)N(C)C(C1CCCC1)=NC2N. The first-order valence-electron chi connectivity index (χ1n) is 8.28. The Hall–Kier alpha value is -1.56. The molecule has 0 amide bonds. The normalized spacial score (nSPS) is 22.2. The Morgan fingerprint density at radius 2 is 1.86 bits per heavy atom. The molecule has 0 radical (unpaired) electrons. The van der Waals surface area contributed by atoms with Crippen LogP contribution < -0.4 is 15.5 Å². The highest BCUT2D eigenvalue weighted by Gasteiger charge is 2.34. The van der Waals surface area contributed by atoms with Crippen molar-refractivity contribution >= 4 is 17.6 Å². The minimum atomic E-state index is -0.345. The average molecular weight is 304 g/mol. The van der Waals surface area contributed by atoms with Gasteiger partial charge in [-0.1, -0.05) is 12.8 Å². The van der Waals surface area contributed by atoms with Crippen LogP contribution in [0.4, 0.5) is 11.8 Å². The Kier molecular flexibility index (Phi) is 3.89. The summed E-state index contributed by atoms with van der Waals surface area (Å²) in [6.07, 6.45) is 4.70. The van der Waals surface area contributed by atoms with E-state index in [1.54, 1.807) is 0 Å². The van der Waals surface area contributed by atoms with Gasteiger partial charge in [0.05, 0.1) is 0 Å². The lowest BCUT2D eigenvalue weighted by Gasteiger charge is -2.31. The number of aliphatic imine (C=N–C) groups is 1. The summed E-state index contributed by atoms with van der Waals surface area (Å²) < 4.78 is 2.15. The number of aromatic nitrogens is 2. The third-order valence-corrected chi connectivity index (χ3v) is 5.09. The molecule has 2 N–H and O–H groups in total. The summed E-state index contributed by atoms with van der Waals surface area (Å²) in [5.41, 5.74) is 7.20. The lowest BCUT2D eigenvalue weighted by Crippen LogP contribution is -2.38. The van der Waals surface area contributed by atoms with Crippen LogP contribution in [0.5, 0.6) is 0 Å². The van der Waals surface area contributed by atoms with E-state index in [4.69, 9.17) is 15.7 Å². The molecule has 1 aliphatic heterocycles. The van der Waals surface area contributed by atoms with Crippen LogP contribution in [0.25, 0.3) is 0 Å². The molecule has 22 heavy (non-hydrogen) atoms. The second-order valence-electron chi connectivity index (χ2n) is 6.86. The first-order chi connectivity index (χ1) is 10.4. The Morgan fingerprint density at radius 3 is 2.45 bits per heavy atom. The number of nitrogens with two attached hydrogens (primary N) is 1. The maximum Gasteiger partial charge on any atom is 0.207 e. The Bertz CT molecular complexity index is 582. The zero-order chi connectivity index (χ0) is 16.0. The standard InChI is InChI=1S/C16H28N6/c1-10(2)20(3)16-18-12-13(17)19-14(11-8-6-7-9-11)21(4)15(12)22(16)5/h10-11,13H,6-9,17H2,1-5H3. The topological polar surface area (TPSA) is 62.7 Å². The zero-order valence-electron chi connectivity index (χ0n) is 14.4. The van der Waals surface area contributed by atoms with E-state index >= 15 is 0 Å². The van der Waals surface area contributed by atoms with Crippen molar-refractivity contribution in [1.29, 1.82) is 0 Å². The number of nitrogens with zero attached hydrogens (tertiary/aromatic N) is 5. The number of hydrogen-bond acceptors (Lipinski definition) is 5. The first kappa shape index (κ1) is 15.3. The predicted octanol–water partition coefficient (Wildman–Crippen LogP) is 2.26. The summed E-state index contributed by atoms with van der Waals surface area (Å²) in [4.78, 5) is 13.9. The fraction of sp³-hybridized carbons (Fsp3) is 0.750. The molecule has 3 rings (SSSR count). The van der Waals surface area contributed by atoms with Crippen LogP contribution in [0.3, 0.4) is 0 Å².